The second-order valence-corrected chi connectivity index (χ2v) is 8.32. The number of carboxylic acid groups (broad SMARTS) is 1. The molecular formula is C23H23NO6S. The highest BCUT2D eigenvalue weighted by atomic mass is 32.2. The number of phenols is 1. The number of carbonyl (C=O) groups excluding carboxylic acids is 1. The van der Waals surface area contributed by atoms with Gasteiger partial charge in [-0.2, -0.15) is 11.8 Å². The zero-order valence-corrected chi connectivity index (χ0v) is 18.0. The summed E-state index contributed by atoms with van der Waals surface area (Å²) in [6.07, 6.45) is -0.343. The van der Waals surface area contributed by atoms with E-state index in [-0.39, 0.29) is 29.1 Å². The second-order valence-electron chi connectivity index (χ2n) is 7.29. The monoisotopic (exact) mass is 441 g/mol. The van der Waals surface area contributed by atoms with Gasteiger partial charge in [0.1, 0.15) is 17.4 Å². The summed E-state index contributed by atoms with van der Waals surface area (Å²) in [7, 11) is 0. The fourth-order valence-corrected chi connectivity index (χ4v) is 4.32. The quantitative estimate of drug-likeness (QED) is 0.460. The van der Waals surface area contributed by atoms with Gasteiger partial charge in [-0.05, 0) is 42.7 Å². The molecule has 0 saturated heterocycles. The molecule has 0 spiro atoms. The molecule has 0 bridgehead atoms. The van der Waals surface area contributed by atoms with Crippen LogP contribution in [0.4, 0.5) is 0 Å². The van der Waals surface area contributed by atoms with Gasteiger partial charge >= 0.3 is 11.6 Å². The molecule has 1 atom stereocenters. The van der Waals surface area contributed by atoms with Crippen molar-refractivity contribution in [2.45, 2.75) is 32.1 Å². The Bertz CT molecular complexity index is 1170. The van der Waals surface area contributed by atoms with E-state index in [2.05, 4.69) is 5.32 Å². The number of nitrogens with one attached hydrogen (secondary N) is 1. The van der Waals surface area contributed by atoms with Crippen molar-refractivity contribution in [2.75, 3.05) is 5.75 Å². The average Bonchev–Trinajstić information content (AvgIpc) is 2.70. The Balaban J connectivity index is 1.71. The van der Waals surface area contributed by atoms with E-state index in [1.54, 1.807) is 26.0 Å². The predicted molar refractivity (Wildman–Crippen MR) is 119 cm³/mol. The number of fused-ring (bicyclic) bond motifs is 1. The van der Waals surface area contributed by atoms with Crippen LogP contribution in [0.5, 0.6) is 5.75 Å². The van der Waals surface area contributed by atoms with Crippen LogP contribution < -0.4 is 10.9 Å². The maximum Gasteiger partial charge on any atom is 0.340 e. The molecule has 0 unspecified atom stereocenters. The maximum absolute atomic E-state index is 12.5. The summed E-state index contributed by atoms with van der Waals surface area (Å²) >= 11 is 1.39. The van der Waals surface area contributed by atoms with Gasteiger partial charge in [-0.3, -0.25) is 4.79 Å². The third kappa shape index (κ3) is 5.46. The summed E-state index contributed by atoms with van der Waals surface area (Å²) in [5.41, 5.74) is 1.87. The van der Waals surface area contributed by atoms with Crippen LogP contribution in [0.25, 0.3) is 11.0 Å². The zero-order chi connectivity index (χ0) is 22.5. The summed E-state index contributed by atoms with van der Waals surface area (Å²) < 4.78 is 5.29. The van der Waals surface area contributed by atoms with Gasteiger partial charge in [0.25, 0.3) is 0 Å². The molecule has 31 heavy (non-hydrogen) atoms. The first kappa shape index (κ1) is 22.4. The van der Waals surface area contributed by atoms with Crippen LogP contribution in [0, 0.1) is 13.8 Å². The molecule has 3 aromatic rings. The van der Waals surface area contributed by atoms with E-state index in [1.807, 2.05) is 30.3 Å². The Morgan fingerprint density at radius 3 is 2.55 bits per heavy atom. The Kier molecular flexibility index (Phi) is 7.02. The van der Waals surface area contributed by atoms with Crippen molar-refractivity contribution in [1.82, 2.24) is 5.32 Å². The van der Waals surface area contributed by atoms with E-state index in [4.69, 9.17) is 4.42 Å². The van der Waals surface area contributed by atoms with Gasteiger partial charge in [0, 0.05) is 11.5 Å². The first-order valence-corrected chi connectivity index (χ1v) is 10.8. The van der Waals surface area contributed by atoms with Crippen LogP contribution in [0.3, 0.4) is 0 Å². The SMILES string of the molecule is Cc1cc(O)c2c(C)c(CC(=O)N[C@@H](CSCc3ccccc3)C(=O)O)c(=O)oc2c1. The molecule has 0 aliphatic carbocycles. The van der Waals surface area contributed by atoms with E-state index in [0.29, 0.717) is 16.7 Å². The number of hydrogen-bond acceptors (Lipinski definition) is 6. The molecule has 0 radical (unpaired) electrons. The smallest absolute Gasteiger partial charge is 0.340 e. The molecule has 0 aliphatic heterocycles. The van der Waals surface area contributed by atoms with Gasteiger partial charge < -0.3 is 19.9 Å². The largest absolute Gasteiger partial charge is 0.507 e. The first-order valence-electron chi connectivity index (χ1n) is 9.66. The van der Waals surface area contributed by atoms with Gasteiger partial charge in [0.05, 0.1) is 17.4 Å². The number of rotatable bonds is 8. The highest BCUT2D eigenvalue weighted by Gasteiger charge is 2.23. The summed E-state index contributed by atoms with van der Waals surface area (Å²) in [6.45, 7) is 3.39. The number of hydrogen-bond donors (Lipinski definition) is 3. The van der Waals surface area contributed by atoms with Gasteiger partial charge in [-0.25, -0.2) is 9.59 Å². The van der Waals surface area contributed by atoms with Gasteiger partial charge in [-0.15, -0.1) is 0 Å². The highest BCUT2D eigenvalue weighted by Crippen LogP contribution is 2.29. The Morgan fingerprint density at radius 1 is 1.16 bits per heavy atom. The topological polar surface area (TPSA) is 117 Å². The van der Waals surface area contributed by atoms with Gasteiger partial charge in [-0.1, -0.05) is 30.3 Å². The van der Waals surface area contributed by atoms with Crippen LogP contribution in [0.2, 0.25) is 0 Å². The van der Waals surface area contributed by atoms with E-state index in [1.165, 1.54) is 11.8 Å². The molecule has 3 rings (SSSR count). The average molecular weight is 442 g/mol. The molecule has 3 N–H and O–H groups in total. The number of benzene rings is 2. The molecular weight excluding hydrogens is 418 g/mol. The summed E-state index contributed by atoms with van der Waals surface area (Å²) in [6, 6.07) is 11.7. The van der Waals surface area contributed by atoms with E-state index >= 15 is 0 Å². The summed E-state index contributed by atoms with van der Waals surface area (Å²) in [5.74, 6) is -0.995. The van der Waals surface area contributed by atoms with Crippen molar-refractivity contribution >= 4 is 34.6 Å². The molecule has 0 fully saturated rings. The number of aryl methyl sites for hydroxylation is 2. The molecule has 162 valence electrons. The molecule has 1 aromatic heterocycles. The third-order valence-corrected chi connectivity index (χ3v) is 5.98. The van der Waals surface area contributed by atoms with Crippen LogP contribution in [0.15, 0.2) is 51.7 Å². The summed E-state index contributed by atoms with van der Waals surface area (Å²) in [4.78, 5) is 36.5. The normalized spacial score (nSPS) is 11.9. The first-order chi connectivity index (χ1) is 14.8. The lowest BCUT2D eigenvalue weighted by Gasteiger charge is -2.15. The van der Waals surface area contributed by atoms with E-state index in [9.17, 15) is 24.6 Å². The summed E-state index contributed by atoms with van der Waals surface area (Å²) in [5, 5.41) is 22.5. The predicted octanol–water partition coefficient (Wildman–Crippen LogP) is 3.16. The van der Waals surface area contributed by atoms with Gasteiger partial charge in [0.2, 0.25) is 5.91 Å². The van der Waals surface area contributed by atoms with Crippen molar-refractivity contribution in [3.05, 3.63) is 75.1 Å². The molecule has 1 amide bonds. The minimum atomic E-state index is -1.15. The molecule has 0 aliphatic rings. The molecule has 2 aromatic carbocycles. The van der Waals surface area contributed by atoms with Crippen LogP contribution in [0.1, 0.15) is 22.3 Å². The number of phenolic OH excluding ortho intramolecular Hbond substituents is 1. The highest BCUT2D eigenvalue weighted by molar-refractivity contribution is 7.98. The van der Waals surface area contributed by atoms with Crippen molar-refractivity contribution < 1.29 is 24.2 Å². The van der Waals surface area contributed by atoms with Gasteiger partial charge in [0.15, 0.2) is 0 Å². The molecule has 0 saturated carbocycles. The Morgan fingerprint density at radius 2 is 1.87 bits per heavy atom. The maximum atomic E-state index is 12.5. The number of carbonyl (C=O) groups is 2. The van der Waals surface area contributed by atoms with E-state index in [0.717, 1.165) is 11.1 Å². The fourth-order valence-electron chi connectivity index (χ4n) is 3.31. The number of carboxylic acids is 1. The lowest BCUT2D eigenvalue weighted by atomic mass is 10.0. The number of aromatic hydroxyl groups is 1. The van der Waals surface area contributed by atoms with Crippen molar-refractivity contribution in [3.8, 4) is 5.75 Å². The minimum Gasteiger partial charge on any atom is -0.507 e. The molecule has 8 heteroatoms. The van der Waals surface area contributed by atoms with Crippen LogP contribution in [-0.2, 0) is 21.8 Å². The number of aliphatic carboxylic acids is 1. The fraction of sp³-hybridized carbons (Fsp3) is 0.261. The van der Waals surface area contributed by atoms with Crippen molar-refractivity contribution in [2.24, 2.45) is 0 Å². The zero-order valence-electron chi connectivity index (χ0n) is 17.2. The van der Waals surface area contributed by atoms with E-state index < -0.39 is 23.5 Å². The standard InChI is InChI=1S/C23H23NO6S/c1-13-8-18(25)21-14(2)16(23(29)30-19(21)9-13)10-20(26)24-17(22(27)28)12-31-11-15-6-4-3-5-7-15/h3-9,17,25H,10-12H2,1-2H3,(H,24,26)(H,27,28)/t17-/m0/s1. The Labute approximate surface area is 183 Å². The number of amides is 1. The molecule has 7 nitrogen and oxygen atoms in total. The Hall–Kier alpha value is -3.26. The lowest BCUT2D eigenvalue weighted by molar-refractivity contribution is -0.141. The van der Waals surface area contributed by atoms with Crippen LogP contribution >= 0.6 is 11.8 Å². The lowest BCUT2D eigenvalue weighted by Crippen LogP contribution is -2.43. The molecule has 1 heterocycles. The van der Waals surface area contributed by atoms with Crippen molar-refractivity contribution in [1.29, 1.82) is 0 Å². The third-order valence-electron chi connectivity index (χ3n) is 4.87. The van der Waals surface area contributed by atoms with Crippen molar-refractivity contribution in [3.63, 3.8) is 0 Å². The minimum absolute atomic E-state index is 0.0429. The van der Waals surface area contributed by atoms with Crippen LogP contribution in [-0.4, -0.2) is 33.9 Å². The second kappa shape index (κ2) is 9.70. The number of thioether (sulfide) groups is 1.